The molecule has 12 nitrogen and oxygen atoms in total. The Labute approximate surface area is 245 Å². The Morgan fingerprint density at radius 2 is 1.74 bits per heavy atom. The minimum Gasteiger partial charge on any atom is -0.481 e. The first-order chi connectivity index (χ1) is 19.9. The molecule has 1 aliphatic heterocycles. The summed E-state index contributed by atoms with van der Waals surface area (Å²) in [6.45, 7) is 6.03. The maximum atomic E-state index is 13.6. The Morgan fingerprint density at radius 1 is 1.02 bits per heavy atom. The molecule has 3 rings (SSSR count). The van der Waals surface area contributed by atoms with Crippen LogP contribution < -0.4 is 21.7 Å². The lowest BCUT2D eigenvalue weighted by Crippen LogP contribution is -2.56. The second-order valence-corrected chi connectivity index (χ2v) is 10.9. The summed E-state index contributed by atoms with van der Waals surface area (Å²) < 4.78 is 6.06. The summed E-state index contributed by atoms with van der Waals surface area (Å²) in [7, 11) is 0. The van der Waals surface area contributed by atoms with Crippen LogP contribution in [0.25, 0.3) is 0 Å². The molecular weight excluding hydrogens is 542 g/mol. The topological polar surface area (TPSA) is 180 Å². The van der Waals surface area contributed by atoms with Gasteiger partial charge in [-0.05, 0) is 42.5 Å². The number of nitrogens with one attached hydrogen (secondary N) is 3. The fourth-order valence-electron chi connectivity index (χ4n) is 4.74. The van der Waals surface area contributed by atoms with Gasteiger partial charge in [0.15, 0.2) is 0 Å². The van der Waals surface area contributed by atoms with E-state index in [9.17, 15) is 24.0 Å². The molecule has 12 heteroatoms. The number of nitrogens with zero attached hydrogens (tertiary/aromatic N) is 1. The second-order valence-electron chi connectivity index (χ2n) is 10.9. The molecule has 1 fully saturated rings. The summed E-state index contributed by atoms with van der Waals surface area (Å²) >= 11 is 0. The van der Waals surface area contributed by atoms with Crippen molar-refractivity contribution in [2.75, 3.05) is 11.9 Å². The average molecular weight is 582 g/mol. The van der Waals surface area contributed by atoms with Gasteiger partial charge in [0.05, 0.1) is 19.1 Å². The first-order valence-corrected chi connectivity index (χ1v) is 13.8. The first kappa shape index (κ1) is 32.1. The zero-order valence-corrected chi connectivity index (χ0v) is 24.0. The van der Waals surface area contributed by atoms with Crippen LogP contribution in [-0.4, -0.2) is 70.5 Å². The highest BCUT2D eigenvalue weighted by atomic mass is 16.5. The lowest BCUT2D eigenvalue weighted by Gasteiger charge is -2.27. The third-order valence-electron chi connectivity index (χ3n) is 6.80. The quantitative estimate of drug-likeness (QED) is 0.240. The van der Waals surface area contributed by atoms with Crippen molar-refractivity contribution >= 4 is 35.4 Å². The smallest absolute Gasteiger partial charge is 0.322 e. The highest BCUT2D eigenvalue weighted by molar-refractivity contribution is 5.97. The number of carbonyl (C=O) groups excluding carboxylic acids is 4. The van der Waals surface area contributed by atoms with Crippen molar-refractivity contribution < 1.29 is 33.8 Å². The van der Waals surface area contributed by atoms with Gasteiger partial charge in [-0.1, -0.05) is 56.3 Å². The molecule has 6 N–H and O–H groups in total. The number of amides is 5. The van der Waals surface area contributed by atoms with Crippen molar-refractivity contribution in [3.05, 3.63) is 65.7 Å². The third kappa shape index (κ3) is 9.58. The summed E-state index contributed by atoms with van der Waals surface area (Å²) in [6.07, 6.45) is -0.749. The molecule has 4 atom stereocenters. The van der Waals surface area contributed by atoms with E-state index in [0.717, 1.165) is 11.1 Å². The molecule has 5 amide bonds. The molecule has 226 valence electrons. The molecule has 0 bridgehead atoms. The largest absolute Gasteiger partial charge is 0.481 e. The molecule has 2 aromatic carbocycles. The van der Waals surface area contributed by atoms with Crippen LogP contribution in [0.5, 0.6) is 0 Å². The molecule has 0 spiro atoms. The molecule has 4 unspecified atom stereocenters. The van der Waals surface area contributed by atoms with E-state index in [0.29, 0.717) is 12.3 Å². The number of hydrogen-bond acceptors (Lipinski definition) is 6. The first-order valence-electron chi connectivity index (χ1n) is 13.8. The van der Waals surface area contributed by atoms with Crippen molar-refractivity contribution in [2.24, 2.45) is 11.7 Å². The van der Waals surface area contributed by atoms with Crippen molar-refractivity contribution in [3.8, 4) is 0 Å². The Morgan fingerprint density at radius 3 is 2.36 bits per heavy atom. The number of urea groups is 1. The van der Waals surface area contributed by atoms with Gasteiger partial charge in [-0.2, -0.15) is 0 Å². The number of ether oxygens (including phenoxy) is 1. The minimum atomic E-state index is -1.44. The summed E-state index contributed by atoms with van der Waals surface area (Å²) in [6, 6.07) is 12.8. The van der Waals surface area contributed by atoms with E-state index in [4.69, 9.17) is 15.6 Å². The van der Waals surface area contributed by atoms with E-state index < -0.39 is 60.4 Å². The van der Waals surface area contributed by atoms with E-state index in [1.165, 1.54) is 4.90 Å². The maximum Gasteiger partial charge on any atom is 0.322 e. The molecular formula is C30H39N5O7. The highest BCUT2D eigenvalue weighted by Crippen LogP contribution is 2.24. The van der Waals surface area contributed by atoms with Crippen LogP contribution >= 0.6 is 0 Å². The number of carboxylic acid groups (broad SMARTS) is 1. The van der Waals surface area contributed by atoms with E-state index >= 15 is 0 Å². The van der Waals surface area contributed by atoms with Crippen LogP contribution in [-0.2, 0) is 30.5 Å². The van der Waals surface area contributed by atoms with Crippen LogP contribution in [0.4, 0.5) is 10.5 Å². The van der Waals surface area contributed by atoms with Gasteiger partial charge in [0.25, 0.3) is 0 Å². The molecule has 1 saturated heterocycles. The molecule has 1 heterocycles. The Bertz CT molecular complexity index is 1270. The van der Waals surface area contributed by atoms with E-state index in [-0.39, 0.29) is 25.3 Å². The average Bonchev–Trinajstić information content (AvgIpc) is 3.36. The van der Waals surface area contributed by atoms with Gasteiger partial charge in [0.1, 0.15) is 18.1 Å². The number of rotatable bonds is 13. The maximum absolute atomic E-state index is 13.6. The van der Waals surface area contributed by atoms with Crippen LogP contribution in [0, 0.1) is 12.8 Å². The number of likely N-dealkylation sites (tertiary alicyclic amines) is 1. The Hall–Kier alpha value is -4.45. The van der Waals surface area contributed by atoms with Crippen molar-refractivity contribution in [2.45, 2.75) is 70.9 Å². The van der Waals surface area contributed by atoms with Crippen LogP contribution in [0.2, 0.25) is 0 Å². The van der Waals surface area contributed by atoms with Gasteiger partial charge in [-0.3, -0.25) is 19.2 Å². The number of carboxylic acids is 1. The molecule has 42 heavy (non-hydrogen) atoms. The fourth-order valence-corrected chi connectivity index (χ4v) is 4.74. The van der Waals surface area contributed by atoms with E-state index in [1.54, 1.807) is 6.07 Å². The van der Waals surface area contributed by atoms with Crippen LogP contribution in [0.1, 0.15) is 44.2 Å². The number of anilines is 1. The predicted molar refractivity (Wildman–Crippen MR) is 155 cm³/mol. The van der Waals surface area contributed by atoms with Gasteiger partial charge in [-0.15, -0.1) is 0 Å². The summed E-state index contributed by atoms with van der Waals surface area (Å²) in [5.41, 5.74) is 7.74. The fraction of sp³-hybridized carbons (Fsp3) is 0.433. The summed E-state index contributed by atoms with van der Waals surface area (Å²) in [5.74, 6) is -3.68. The number of benzene rings is 2. The van der Waals surface area contributed by atoms with Crippen molar-refractivity contribution in [3.63, 3.8) is 0 Å². The van der Waals surface area contributed by atoms with Gasteiger partial charge in [0, 0.05) is 18.7 Å². The second kappa shape index (κ2) is 15.0. The molecule has 2 aromatic rings. The van der Waals surface area contributed by atoms with Crippen molar-refractivity contribution in [1.29, 1.82) is 0 Å². The van der Waals surface area contributed by atoms with Crippen LogP contribution in [0.15, 0.2) is 54.6 Å². The number of aryl methyl sites for hydroxylation is 1. The Kier molecular flexibility index (Phi) is 11.4. The normalized spacial score (nSPS) is 17.8. The number of aliphatic carboxylic acids is 1. The lowest BCUT2D eigenvalue weighted by molar-refractivity contribution is -0.140. The van der Waals surface area contributed by atoms with Gasteiger partial charge >= 0.3 is 12.0 Å². The van der Waals surface area contributed by atoms with Gasteiger partial charge < -0.3 is 36.4 Å². The molecule has 0 radical (unpaired) electrons. The SMILES string of the molecule is Cc1cccc(NC(=O)N2CC(OCc3ccccc3)CC2C(=O)NC(CC(C)C)C(=O)NC(CC(=O)O)C(N)=O)c1. The third-order valence-corrected chi connectivity index (χ3v) is 6.80. The summed E-state index contributed by atoms with van der Waals surface area (Å²) in [5, 5.41) is 17.0. The van der Waals surface area contributed by atoms with E-state index in [2.05, 4.69) is 16.0 Å². The standard InChI is InChI=1S/C30H39N5O7/c1-18(2)12-24(28(39)33-23(27(31)38)15-26(36)37)34-29(40)25-14-22(42-17-20-9-5-4-6-10-20)16-35(25)30(41)32-21-11-7-8-19(3)13-21/h4-11,13,18,22-25H,12,14-17H2,1-3H3,(H2,31,38)(H,32,41)(H,33,39)(H,34,40)(H,36,37). The number of primary amides is 1. The molecule has 0 aromatic heterocycles. The number of nitrogens with two attached hydrogens (primary N) is 1. The van der Waals surface area contributed by atoms with E-state index in [1.807, 2.05) is 69.3 Å². The molecule has 1 aliphatic rings. The Balaban J connectivity index is 1.78. The summed E-state index contributed by atoms with van der Waals surface area (Å²) in [4.78, 5) is 64.3. The molecule has 0 saturated carbocycles. The number of carbonyl (C=O) groups is 5. The van der Waals surface area contributed by atoms with Gasteiger partial charge in [-0.25, -0.2) is 4.79 Å². The monoisotopic (exact) mass is 581 g/mol. The minimum absolute atomic E-state index is 0.0428. The number of hydrogen-bond donors (Lipinski definition) is 5. The van der Waals surface area contributed by atoms with Crippen molar-refractivity contribution in [1.82, 2.24) is 15.5 Å². The zero-order chi connectivity index (χ0) is 30.8. The lowest BCUT2D eigenvalue weighted by atomic mass is 10.0. The molecule has 0 aliphatic carbocycles. The zero-order valence-electron chi connectivity index (χ0n) is 24.0. The highest BCUT2D eigenvalue weighted by Gasteiger charge is 2.41. The van der Waals surface area contributed by atoms with Gasteiger partial charge in [0.2, 0.25) is 17.7 Å². The predicted octanol–water partition coefficient (Wildman–Crippen LogP) is 2.16. The van der Waals surface area contributed by atoms with Crippen LogP contribution in [0.3, 0.4) is 0 Å².